The molecule has 1 aromatic carbocycles. The molecule has 0 aliphatic carbocycles. The number of benzene rings is 1. The van der Waals surface area contributed by atoms with Crippen molar-refractivity contribution in [2.24, 2.45) is 7.05 Å². The van der Waals surface area contributed by atoms with E-state index in [-0.39, 0.29) is 5.41 Å². The smallest absolute Gasteiger partial charge is 0.214 e. The van der Waals surface area contributed by atoms with Gasteiger partial charge in [0, 0.05) is 43.3 Å². The Balaban J connectivity index is 2.34. The minimum Gasteiger partial charge on any atom is -0.334 e. The van der Waals surface area contributed by atoms with Crippen LogP contribution in [0.5, 0.6) is 0 Å². The highest BCUT2D eigenvalue weighted by molar-refractivity contribution is 5.68. The third kappa shape index (κ3) is 2.86. The van der Waals surface area contributed by atoms with Crippen molar-refractivity contribution in [3.05, 3.63) is 65.9 Å². The number of aryl methyl sites for hydroxylation is 2. The molecule has 2 aromatic heterocycles. The SMILES string of the molecule is Cc1c(-c2cncn2C)cc(C(C)(C)C)cc1-[n+]1ccccc1C. The fourth-order valence-electron chi connectivity index (χ4n) is 3.06. The van der Waals surface area contributed by atoms with Gasteiger partial charge in [0.1, 0.15) is 0 Å². The molecular formula is C21H26N3+. The Morgan fingerprint density at radius 1 is 1.08 bits per heavy atom. The highest BCUT2D eigenvalue weighted by Gasteiger charge is 2.23. The zero-order valence-electron chi connectivity index (χ0n) is 15.5. The molecule has 3 heteroatoms. The van der Waals surface area contributed by atoms with Crippen LogP contribution < -0.4 is 4.57 Å². The molecule has 0 unspecified atom stereocenters. The molecule has 3 aromatic rings. The molecule has 24 heavy (non-hydrogen) atoms. The number of hydrogen-bond donors (Lipinski definition) is 0. The molecule has 124 valence electrons. The van der Waals surface area contributed by atoms with Crippen LogP contribution in [-0.4, -0.2) is 9.55 Å². The summed E-state index contributed by atoms with van der Waals surface area (Å²) in [7, 11) is 2.05. The van der Waals surface area contributed by atoms with Gasteiger partial charge >= 0.3 is 0 Å². The second-order valence-corrected chi connectivity index (χ2v) is 7.52. The first kappa shape index (κ1) is 16.4. The van der Waals surface area contributed by atoms with Gasteiger partial charge in [-0.05, 0) is 24.0 Å². The quantitative estimate of drug-likeness (QED) is 0.646. The maximum Gasteiger partial charge on any atom is 0.214 e. The van der Waals surface area contributed by atoms with Crippen molar-refractivity contribution in [1.82, 2.24) is 9.55 Å². The fourth-order valence-corrected chi connectivity index (χ4v) is 3.06. The van der Waals surface area contributed by atoms with Crippen LogP contribution in [0.15, 0.2) is 49.1 Å². The summed E-state index contributed by atoms with van der Waals surface area (Å²) >= 11 is 0. The van der Waals surface area contributed by atoms with Gasteiger partial charge in [-0.3, -0.25) is 0 Å². The summed E-state index contributed by atoms with van der Waals surface area (Å²) in [4.78, 5) is 4.31. The highest BCUT2D eigenvalue weighted by Crippen LogP contribution is 2.32. The van der Waals surface area contributed by atoms with Crippen molar-refractivity contribution < 1.29 is 4.57 Å². The van der Waals surface area contributed by atoms with Gasteiger partial charge in [-0.15, -0.1) is 0 Å². The second kappa shape index (κ2) is 5.90. The summed E-state index contributed by atoms with van der Waals surface area (Å²) in [6.45, 7) is 11.1. The van der Waals surface area contributed by atoms with Crippen LogP contribution in [0.3, 0.4) is 0 Å². The molecule has 0 saturated heterocycles. The van der Waals surface area contributed by atoms with Gasteiger partial charge in [-0.25, -0.2) is 4.98 Å². The van der Waals surface area contributed by atoms with E-state index >= 15 is 0 Å². The average molecular weight is 320 g/mol. The summed E-state index contributed by atoms with van der Waals surface area (Å²) in [6, 6.07) is 10.9. The Bertz CT molecular complexity index is 882. The van der Waals surface area contributed by atoms with Crippen LogP contribution in [0.4, 0.5) is 0 Å². The predicted molar refractivity (Wildman–Crippen MR) is 98.4 cm³/mol. The van der Waals surface area contributed by atoms with Crippen LogP contribution in [0.1, 0.15) is 37.6 Å². The third-order valence-corrected chi connectivity index (χ3v) is 4.66. The monoisotopic (exact) mass is 320 g/mol. The number of nitrogens with zero attached hydrogens (tertiary/aromatic N) is 3. The number of rotatable bonds is 2. The van der Waals surface area contributed by atoms with Crippen LogP contribution in [-0.2, 0) is 12.5 Å². The van der Waals surface area contributed by atoms with Gasteiger partial charge in [0.2, 0.25) is 5.69 Å². The van der Waals surface area contributed by atoms with E-state index in [1.165, 1.54) is 28.1 Å². The van der Waals surface area contributed by atoms with E-state index in [4.69, 9.17) is 0 Å². The fraction of sp³-hybridized carbons (Fsp3) is 0.333. The molecule has 0 atom stereocenters. The molecule has 0 bridgehead atoms. The van der Waals surface area contributed by atoms with Crippen LogP contribution in [0.2, 0.25) is 0 Å². The molecule has 0 fully saturated rings. The Morgan fingerprint density at radius 3 is 2.42 bits per heavy atom. The molecule has 0 spiro atoms. The van der Waals surface area contributed by atoms with Crippen molar-refractivity contribution in [1.29, 1.82) is 0 Å². The summed E-state index contributed by atoms with van der Waals surface area (Å²) in [5, 5.41) is 0. The molecule has 3 rings (SSSR count). The summed E-state index contributed by atoms with van der Waals surface area (Å²) in [5.41, 5.74) is 7.53. The summed E-state index contributed by atoms with van der Waals surface area (Å²) in [5.74, 6) is 0. The topological polar surface area (TPSA) is 21.7 Å². The van der Waals surface area contributed by atoms with Crippen molar-refractivity contribution in [2.75, 3.05) is 0 Å². The molecular weight excluding hydrogens is 294 g/mol. The van der Waals surface area contributed by atoms with E-state index < -0.39 is 0 Å². The average Bonchev–Trinajstić information content (AvgIpc) is 2.93. The molecule has 2 heterocycles. The van der Waals surface area contributed by atoms with Gasteiger partial charge in [-0.2, -0.15) is 4.57 Å². The Morgan fingerprint density at radius 2 is 1.83 bits per heavy atom. The van der Waals surface area contributed by atoms with Crippen molar-refractivity contribution >= 4 is 0 Å². The lowest BCUT2D eigenvalue weighted by Gasteiger charge is -2.22. The minimum absolute atomic E-state index is 0.0824. The van der Waals surface area contributed by atoms with Crippen molar-refractivity contribution in [3.63, 3.8) is 0 Å². The Labute approximate surface area is 144 Å². The molecule has 3 nitrogen and oxygen atoms in total. The maximum atomic E-state index is 4.31. The van der Waals surface area contributed by atoms with Gasteiger partial charge < -0.3 is 4.57 Å². The number of aromatic nitrogens is 3. The van der Waals surface area contributed by atoms with E-state index in [0.717, 1.165) is 5.69 Å². The van der Waals surface area contributed by atoms with E-state index in [1.807, 2.05) is 19.6 Å². The van der Waals surface area contributed by atoms with Crippen molar-refractivity contribution in [2.45, 2.75) is 40.0 Å². The predicted octanol–water partition coefficient (Wildman–Crippen LogP) is 4.28. The van der Waals surface area contributed by atoms with Gasteiger partial charge in [-0.1, -0.05) is 26.8 Å². The first-order valence-electron chi connectivity index (χ1n) is 8.38. The molecule has 0 radical (unpaired) electrons. The first-order valence-corrected chi connectivity index (χ1v) is 8.38. The lowest BCUT2D eigenvalue weighted by atomic mass is 9.84. The standard InChI is InChI=1S/C21H26N3/c1-15-9-7-8-10-24(15)19-12-17(21(3,4)5)11-18(16(19)2)20-13-22-14-23(20)6/h7-14H,1-6H3/q+1. The molecule has 0 N–H and O–H groups in total. The Hall–Kier alpha value is -2.42. The largest absolute Gasteiger partial charge is 0.334 e. The normalized spacial score (nSPS) is 11.8. The maximum absolute atomic E-state index is 4.31. The summed E-state index contributed by atoms with van der Waals surface area (Å²) in [6.07, 6.45) is 5.94. The zero-order chi connectivity index (χ0) is 17.5. The van der Waals surface area contributed by atoms with Gasteiger partial charge in [0.15, 0.2) is 11.9 Å². The van der Waals surface area contributed by atoms with Crippen LogP contribution >= 0.6 is 0 Å². The van der Waals surface area contributed by atoms with Gasteiger partial charge in [0.25, 0.3) is 0 Å². The Kier molecular flexibility index (Phi) is 4.04. The van der Waals surface area contributed by atoms with E-state index in [9.17, 15) is 0 Å². The summed E-state index contributed by atoms with van der Waals surface area (Å²) < 4.78 is 4.35. The second-order valence-electron chi connectivity index (χ2n) is 7.52. The van der Waals surface area contributed by atoms with Crippen LogP contribution in [0, 0.1) is 13.8 Å². The molecule has 0 aliphatic heterocycles. The zero-order valence-corrected chi connectivity index (χ0v) is 15.5. The minimum atomic E-state index is 0.0824. The molecule has 0 saturated carbocycles. The highest BCUT2D eigenvalue weighted by atomic mass is 15.0. The van der Waals surface area contributed by atoms with Crippen molar-refractivity contribution in [3.8, 4) is 16.9 Å². The van der Waals surface area contributed by atoms with Crippen LogP contribution in [0.25, 0.3) is 16.9 Å². The number of hydrogen-bond acceptors (Lipinski definition) is 1. The lowest BCUT2D eigenvalue weighted by Crippen LogP contribution is -2.35. The number of imidazole rings is 1. The van der Waals surface area contributed by atoms with Gasteiger partial charge in [0.05, 0.1) is 18.2 Å². The first-order chi connectivity index (χ1) is 11.3. The van der Waals surface area contributed by atoms with E-state index in [0.29, 0.717) is 0 Å². The third-order valence-electron chi connectivity index (χ3n) is 4.66. The molecule has 0 amide bonds. The van der Waals surface area contributed by atoms with E-state index in [2.05, 4.69) is 85.3 Å². The number of pyridine rings is 1. The van der Waals surface area contributed by atoms with E-state index in [1.54, 1.807) is 0 Å². The lowest BCUT2D eigenvalue weighted by molar-refractivity contribution is -0.603. The molecule has 0 aliphatic rings.